The first-order valence-corrected chi connectivity index (χ1v) is 14.5. The topological polar surface area (TPSA) is 55.8 Å². The molecule has 6 heteroatoms. The van der Waals surface area contributed by atoms with Crippen molar-refractivity contribution in [3.63, 3.8) is 0 Å². The minimum atomic E-state index is -0.375. The Hall–Kier alpha value is -2.70. The van der Waals surface area contributed by atoms with E-state index in [-0.39, 0.29) is 28.3 Å². The largest absolute Gasteiger partial charge is 0.488 e. The van der Waals surface area contributed by atoms with Gasteiger partial charge in [0.2, 0.25) is 0 Å². The second kappa shape index (κ2) is 10.7. The molecule has 3 aliphatic rings. The van der Waals surface area contributed by atoms with Crippen molar-refractivity contribution in [3.05, 3.63) is 86.7 Å². The molecule has 0 saturated heterocycles. The number of halogens is 1. The highest BCUT2D eigenvalue weighted by Gasteiger charge is 2.48. The second-order valence-corrected chi connectivity index (χ2v) is 13.5. The van der Waals surface area contributed by atoms with Gasteiger partial charge in [-0.25, -0.2) is 0 Å². The number of nitrogens with zero attached hydrogens (tertiary/aromatic N) is 1. The number of ketones is 2. The van der Waals surface area contributed by atoms with E-state index in [1.54, 1.807) is 7.11 Å². The number of benzene rings is 2. The summed E-state index contributed by atoms with van der Waals surface area (Å²) in [6, 6.07) is 16.1. The summed E-state index contributed by atoms with van der Waals surface area (Å²) in [5.41, 5.74) is 5.42. The van der Waals surface area contributed by atoms with E-state index in [0.717, 1.165) is 56.7 Å². The second-order valence-electron chi connectivity index (χ2n) is 12.6. The lowest BCUT2D eigenvalue weighted by Crippen LogP contribution is -2.45. The van der Waals surface area contributed by atoms with Gasteiger partial charge >= 0.3 is 0 Å². The monoisotopic (exact) mass is 591 g/mol. The molecule has 0 saturated carbocycles. The van der Waals surface area contributed by atoms with E-state index in [2.05, 4.69) is 48.5 Å². The Bertz CT molecular complexity index is 1300. The summed E-state index contributed by atoms with van der Waals surface area (Å²) < 4.78 is 12.4. The summed E-state index contributed by atoms with van der Waals surface area (Å²) in [5.74, 6) is 0.632. The number of carbonyl (C=O) groups is 2. The van der Waals surface area contributed by atoms with Crippen LogP contribution in [-0.4, -0.2) is 36.7 Å². The standard InChI is InChI=1S/C33H38BrNO4/c1-32(2)16-24-30(26(36)18-32)29(31-25(35(24)13-14-38-5)17-33(3,4)19-27(31)37)22-11-12-28(23(34)15-22)39-20-21-9-7-6-8-10-21/h6-12,15,29H,13-14,16-20H2,1-5H3. The van der Waals surface area contributed by atoms with Crippen LogP contribution >= 0.6 is 15.9 Å². The lowest BCUT2D eigenvalue weighted by Gasteiger charge is -2.49. The van der Waals surface area contributed by atoms with E-state index >= 15 is 0 Å². The van der Waals surface area contributed by atoms with Gasteiger partial charge < -0.3 is 14.4 Å². The molecule has 0 spiro atoms. The Labute approximate surface area is 240 Å². The lowest BCUT2D eigenvalue weighted by molar-refractivity contribution is -0.119. The third kappa shape index (κ3) is 5.64. The smallest absolute Gasteiger partial charge is 0.162 e. The Kier molecular flexibility index (Phi) is 7.64. The Morgan fingerprint density at radius 2 is 1.46 bits per heavy atom. The highest BCUT2D eigenvalue weighted by atomic mass is 79.9. The molecular weight excluding hydrogens is 554 g/mol. The number of methoxy groups -OCH3 is 1. The number of hydrogen-bond acceptors (Lipinski definition) is 5. The average molecular weight is 593 g/mol. The van der Waals surface area contributed by atoms with Crippen molar-refractivity contribution in [2.24, 2.45) is 10.8 Å². The van der Waals surface area contributed by atoms with Gasteiger partial charge in [-0.2, -0.15) is 0 Å². The van der Waals surface area contributed by atoms with Crippen molar-refractivity contribution in [3.8, 4) is 5.75 Å². The van der Waals surface area contributed by atoms with Crippen LogP contribution in [0, 0.1) is 10.8 Å². The molecule has 0 atom stereocenters. The Morgan fingerprint density at radius 1 is 0.872 bits per heavy atom. The van der Waals surface area contributed by atoms with Crippen molar-refractivity contribution in [1.29, 1.82) is 0 Å². The molecule has 1 aliphatic heterocycles. The predicted molar refractivity (Wildman–Crippen MR) is 156 cm³/mol. The van der Waals surface area contributed by atoms with E-state index in [1.165, 1.54) is 0 Å². The molecule has 1 heterocycles. The fraction of sp³-hybridized carbons (Fsp3) is 0.455. The first kappa shape index (κ1) is 27.9. The molecule has 5 rings (SSSR count). The third-order valence-corrected chi connectivity index (χ3v) is 8.69. The van der Waals surface area contributed by atoms with Crippen LogP contribution in [0.4, 0.5) is 0 Å². The van der Waals surface area contributed by atoms with Crippen molar-refractivity contribution >= 4 is 27.5 Å². The first-order chi connectivity index (χ1) is 18.5. The molecule has 2 aromatic carbocycles. The van der Waals surface area contributed by atoms with Crippen LogP contribution in [0.2, 0.25) is 0 Å². The van der Waals surface area contributed by atoms with Gasteiger partial charge in [0, 0.05) is 55.0 Å². The number of rotatable bonds is 7. The Morgan fingerprint density at radius 3 is 2.00 bits per heavy atom. The molecule has 0 bridgehead atoms. The van der Waals surface area contributed by atoms with Crippen LogP contribution in [-0.2, 0) is 20.9 Å². The van der Waals surface area contributed by atoms with Crippen LogP contribution in [0.1, 0.15) is 70.4 Å². The molecule has 2 aliphatic carbocycles. The molecule has 2 aromatic rings. The summed E-state index contributed by atoms with van der Waals surface area (Å²) in [6.45, 7) is 10.3. The van der Waals surface area contributed by atoms with Crippen molar-refractivity contribution in [1.82, 2.24) is 4.90 Å². The van der Waals surface area contributed by atoms with Crippen molar-refractivity contribution in [2.45, 2.75) is 65.9 Å². The van der Waals surface area contributed by atoms with Crippen molar-refractivity contribution < 1.29 is 19.1 Å². The molecule has 0 aromatic heterocycles. The van der Waals surface area contributed by atoms with Gasteiger partial charge in [-0.3, -0.25) is 9.59 Å². The van der Waals surface area contributed by atoms with E-state index in [0.29, 0.717) is 32.6 Å². The highest BCUT2D eigenvalue weighted by Crippen LogP contribution is 2.54. The number of Topliss-reactive ketones (excluding diaryl/α,β-unsaturated/α-hetero) is 2. The van der Waals surface area contributed by atoms with E-state index in [4.69, 9.17) is 9.47 Å². The zero-order valence-electron chi connectivity index (χ0n) is 23.6. The molecule has 39 heavy (non-hydrogen) atoms. The summed E-state index contributed by atoms with van der Waals surface area (Å²) in [6.07, 6.45) is 2.53. The third-order valence-electron chi connectivity index (χ3n) is 8.07. The summed E-state index contributed by atoms with van der Waals surface area (Å²) in [7, 11) is 1.70. The number of ether oxygens (including phenoxy) is 2. The normalized spacial score (nSPS) is 20.7. The molecule has 0 unspecified atom stereocenters. The van der Waals surface area contributed by atoms with Gasteiger partial charge in [-0.15, -0.1) is 0 Å². The zero-order chi connectivity index (χ0) is 27.9. The lowest BCUT2D eigenvalue weighted by atomic mass is 9.63. The van der Waals surface area contributed by atoms with Crippen LogP contribution in [0.25, 0.3) is 0 Å². The summed E-state index contributed by atoms with van der Waals surface area (Å²) in [4.78, 5) is 30.0. The van der Waals surface area contributed by atoms with Crippen molar-refractivity contribution in [2.75, 3.05) is 20.3 Å². The van der Waals surface area contributed by atoms with E-state index in [9.17, 15) is 9.59 Å². The number of allylic oxidation sites excluding steroid dienone is 4. The predicted octanol–water partition coefficient (Wildman–Crippen LogP) is 7.36. The number of hydrogen-bond donors (Lipinski definition) is 0. The fourth-order valence-corrected chi connectivity index (χ4v) is 6.89. The van der Waals surface area contributed by atoms with Gasteiger partial charge in [-0.05, 0) is 62.9 Å². The maximum absolute atomic E-state index is 13.9. The molecule has 206 valence electrons. The average Bonchev–Trinajstić information content (AvgIpc) is 2.85. The fourth-order valence-electron chi connectivity index (χ4n) is 6.38. The minimum Gasteiger partial charge on any atom is -0.488 e. The molecular formula is C33H38BrNO4. The Balaban J connectivity index is 1.60. The quantitative estimate of drug-likeness (QED) is 0.336. The van der Waals surface area contributed by atoms with Crippen LogP contribution in [0.3, 0.4) is 0 Å². The van der Waals surface area contributed by atoms with Crippen LogP contribution < -0.4 is 4.74 Å². The van der Waals surface area contributed by atoms with E-state index < -0.39 is 0 Å². The van der Waals surface area contributed by atoms with Gasteiger partial charge in [0.1, 0.15) is 12.4 Å². The highest BCUT2D eigenvalue weighted by molar-refractivity contribution is 9.10. The summed E-state index contributed by atoms with van der Waals surface area (Å²) >= 11 is 3.72. The zero-order valence-corrected chi connectivity index (χ0v) is 25.2. The maximum Gasteiger partial charge on any atom is 0.162 e. The maximum atomic E-state index is 13.9. The molecule has 0 N–H and O–H groups in total. The van der Waals surface area contributed by atoms with Crippen LogP contribution in [0.5, 0.6) is 5.75 Å². The molecule has 0 radical (unpaired) electrons. The van der Waals surface area contributed by atoms with E-state index in [1.807, 2.05) is 48.5 Å². The van der Waals surface area contributed by atoms with Gasteiger partial charge in [0.25, 0.3) is 0 Å². The SMILES string of the molecule is COCCN1C2=C(C(=O)CC(C)(C)C2)C(c2ccc(OCc3ccccc3)c(Br)c2)C2=C1CC(C)(C)CC2=O. The molecule has 0 amide bonds. The van der Waals surface area contributed by atoms with Gasteiger partial charge in [0.15, 0.2) is 11.6 Å². The molecule has 5 nitrogen and oxygen atoms in total. The van der Waals surface area contributed by atoms with Crippen LogP contribution in [0.15, 0.2) is 75.5 Å². The van der Waals surface area contributed by atoms with Gasteiger partial charge in [0.05, 0.1) is 11.1 Å². The first-order valence-electron chi connectivity index (χ1n) is 13.7. The molecule has 0 fully saturated rings. The number of carbonyl (C=O) groups excluding carboxylic acids is 2. The van der Waals surface area contributed by atoms with Gasteiger partial charge in [-0.1, -0.05) is 64.1 Å². The summed E-state index contributed by atoms with van der Waals surface area (Å²) in [5, 5.41) is 0. The minimum absolute atomic E-state index is 0.137.